The lowest BCUT2D eigenvalue weighted by molar-refractivity contribution is 0.0668. The van der Waals surface area contributed by atoms with E-state index < -0.39 is 0 Å². The Bertz CT molecular complexity index is 639. The monoisotopic (exact) mass is 314 g/mol. The van der Waals surface area contributed by atoms with Crippen molar-refractivity contribution in [3.05, 3.63) is 59.5 Å². The molecule has 23 heavy (non-hydrogen) atoms. The van der Waals surface area contributed by atoms with Gasteiger partial charge >= 0.3 is 0 Å². The lowest BCUT2D eigenvalue weighted by atomic mass is 10.1. The predicted octanol–water partition coefficient (Wildman–Crippen LogP) is 2.17. The van der Waals surface area contributed by atoms with E-state index in [1.165, 1.54) is 0 Å². The van der Waals surface area contributed by atoms with Crippen LogP contribution in [0.3, 0.4) is 0 Å². The normalized spacial score (nSPS) is 18.7. The van der Waals surface area contributed by atoms with Crippen molar-refractivity contribution in [1.29, 1.82) is 0 Å². The van der Waals surface area contributed by atoms with Gasteiger partial charge in [0, 0.05) is 18.7 Å². The third kappa shape index (κ3) is 4.43. The minimum Gasteiger partial charge on any atom is -0.467 e. The summed E-state index contributed by atoms with van der Waals surface area (Å²) >= 11 is 0. The van der Waals surface area contributed by atoms with Gasteiger partial charge in [0.25, 0.3) is 5.91 Å². The second-order valence-corrected chi connectivity index (χ2v) is 5.99. The van der Waals surface area contributed by atoms with E-state index in [4.69, 9.17) is 4.42 Å². The van der Waals surface area contributed by atoms with E-state index in [1.54, 1.807) is 12.3 Å². The Balaban J connectivity index is 1.59. The molecular formula is C18H22N2O3. The van der Waals surface area contributed by atoms with E-state index in [2.05, 4.69) is 10.2 Å². The van der Waals surface area contributed by atoms with Gasteiger partial charge in [0.15, 0.2) is 0 Å². The first-order valence-corrected chi connectivity index (χ1v) is 8.00. The first kappa shape index (κ1) is 15.8. The zero-order valence-corrected chi connectivity index (χ0v) is 13.1. The van der Waals surface area contributed by atoms with Crippen molar-refractivity contribution in [1.82, 2.24) is 10.2 Å². The van der Waals surface area contributed by atoms with Crippen LogP contribution in [0.4, 0.5) is 0 Å². The molecule has 5 nitrogen and oxygen atoms in total. The number of carbonyl (C=O) groups is 1. The molecule has 3 rings (SSSR count). The number of piperidine rings is 1. The molecule has 2 heterocycles. The van der Waals surface area contributed by atoms with Crippen molar-refractivity contribution in [3.8, 4) is 0 Å². The van der Waals surface area contributed by atoms with E-state index in [0.29, 0.717) is 18.7 Å². The van der Waals surface area contributed by atoms with Gasteiger partial charge in [-0.15, -0.1) is 0 Å². The highest BCUT2D eigenvalue weighted by atomic mass is 16.3. The first-order valence-electron chi connectivity index (χ1n) is 8.00. The summed E-state index contributed by atoms with van der Waals surface area (Å²) in [5, 5.41) is 12.6. The third-order valence-electron chi connectivity index (χ3n) is 4.08. The van der Waals surface area contributed by atoms with Gasteiger partial charge in [-0.1, -0.05) is 12.1 Å². The second kappa shape index (κ2) is 7.44. The first-order chi connectivity index (χ1) is 11.2. The number of carbonyl (C=O) groups excluding carboxylic acids is 1. The molecule has 1 fully saturated rings. The Labute approximate surface area is 135 Å². The molecule has 0 saturated carbocycles. The van der Waals surface area contributed by atoms with Crippen LogP contribution in [0.1, 0.15) is 34.5 Å². The van der Waals surface area contributed by atoms with E-state index in [0.717, 1.165) is 37.3 Å². The summed E-state index contributed by atoms with van der Waals surface area (Å²) in [7, 11) is 0. The number of furan rings is 1. The number of rotatable bonds is 5. The minimum absolute atomic E-state index is 0.109. The Kier molecular flexibility index (Phi) is 5.10. The molecule has 2 N–H and O–H groups in total. The summed E-state index contributed by atoms with van der Waals surface area (Å²) in [4.78, 5) is 14.5. The van der Waals surface area contributed by atoms with Crippen LogP contribution >= 0.6 is 0 Å². The van der Waals surface area contributed by atoms with Gasteiger partial charge in [-0.2, -0.15) is 0 Å². The fraction of sp³-hybridized carbons (Fsp3) is 0.389. The van der Waals surface area contributed by atoms with Gasteiger partial charge in [0.05, 0.1) is 18.9 Å². The maximum Gasteiger partial charge on any atom is 0.251 e. The fourth-order valence-electron chi connectivity index (χ4n) is 2.93. The van der Waals surface area contributed by atoms with Crippen LogP contribution in [-0.2, 0) is 13.1 Å². The van der Waals surface area contributed by atoms with E-state index >= 15 is 0 Å². The number of benzene rings is 1. The minimum atomic E-state index is -0.233. The summed E-state index contributed by atoms with van der Waals surface area (Å²) in [6.07, 6.45) is 3.26. The van der Waals surface area contributed by atoms with E-state index in [1.807, 2.05) is 30.3 Å². The van der Waals surface area contributed by atoms with Crippen molar-refractivity contribution in [3.63, 3.8) is 0 Å². The highest BCUT2D eigenvalue weighted by Gasteiger charge is 2.18. The zero-order chi connectivity index (χ0) is 16.1. The Morgan fingerprint density at radius 3 is 3.04 bits per heavy atom. The number of hydrogen-bond donors (Lipinski definition) is 2. The summed E-state index contributed by atoms with van der Waals surface area (Å²) < 4.78 is 5.21. The molecule has 1 aliphatic rings. The predicted molar refractivity (Wildman–Crippen MR) is 86.8 cm³/mol. The van der Waals surface area contributed by atoms with Crippen molar-refractivity contribution < 1.29 is 14.3 Å². The van der Waals surface area contributed by atoms with Crippen LogP contribution in [0.2, 0.25) is 0 Å². The summed E-state index contributed by atoms with van der Waals surface area (Å²) in [6.45, 7) is 2.84. The van der Waals surface area contributed by atoms with Crippen LogP contribution in [0.25, 0.3) is 0 Å². The number of β-amino-alcohol motifs (C(OH)–C–C–N with tert-alkyl or cyclic N) is 1. The lowest BCUT2D eigenvalue weighted by Crippen LogP contribution is -2.37. The molecule has 5 heteroatoms. The zero-order valence-electron chi connectivity index (χ0n) is 13.1. The van der Waals surface area contributed by atoms with Crippen molar-refractivity contribution >= 4 is 5.91 Å². The van der Waals surface area contributed by atoms with Gasteiger partial charge in [0.2, 0.25) is 0 Å². The highest BCUT2D eigenvalue weighted by molar-refractivity contribution is 5.94. The van der Waals surface area contributed by atoms with Crippen molar-refractivity contribution in [2.24, 2.45) is 0 Å². The molecule has 1 unspecified atom stereocenters. The highest BCUT2D eigenvalue weighted by Crippen LogP contribution is 2.14. The van der Waals surface area contributed by atoms with Crippen molar-refractivity contribution in [2.75, 3.05) is 13.1 Å². The third-order valence-corrected chi connectivity index (χ3v) is 4.08. The van der Waals surface area contributed by atoms with Gasteiger partial charge in [-0.3, -0.25) is 9.69 Å². The molecule has 1 saturated heterocycles. The number of aliphatic hydroxyl groups excluding tert-OH is 1. The average Bonchev–Trinajstić information content (AvgIpc) is 3.06. The van der Waals surface area contributed by atoms with Gasteiger partial charge in [0.1, 0.15) is 5.76 Å². The van der Waals surface area contributed by atoms with E-state index in [-0.39, 0.29) is 12.0 Å². The molecule has 0 bridgehead atoms. The Morgan fingerprint density at radius 2 is 2.26 bits per heavy atom. The van der Waals surface area contributed by atoms with Crippen LogP contribution < -0.4 is 5.32 Å². The molecule has 122 valence electrons. The van der Waals surface area contributed by atoms with E-state index in [9.17, 15) is 9.90 Å². The second-order valence-electron chi connectivity index (χ2n) is 5.99. The number of amides is 1. The summed E-state index contributed by atoms with van der Waals surface area (Å²) in [5.41, 5.74) is 1.73. The average molecular weight is 314 g/mol. The molecular weight excluding hydrogens is 292 g/mol. The number of nitrogens with zero attached hydrogens (tertiary/aromatic N) is 1. The molecule has 1 aromatic carbocycles. The number of nitrogens with one attached hydrogen (secondary N) is 1. The van der Waals surface area contributed by atoms with Crippen LogP contribution in [0.5, 0.6) is 0 Å². The number of aliphatic hydroxyl groups is 1. The van der Waals surface area contributed by atoms with Gasteiger partial charge < -0.3 is 14.8 Å². The van der Waals surface area contributed by atoms with Gasteiger partial charge in [-0.05, 0) is 49.2 Å². The fourth-order valence-corrected chi connectivity index (χ4v) is 2.93. The molecule has 0 aliphatic carbocycles. The molecule has 1 aliphatic heterocycles. The van der Waals surface area contributed by atoms with Crippen LogP contribution in [-0.4, -0.2) is 35.1 Å². The molecule has 0 spiro atoms. The molecule has 1 aromatic heterocycles. The summed E-state index contributed by atoms with van der Waals surface area (Å²) in [5.74, 6) is 0.624. The Hall–Kier alpha value is -2.11. The molecule has 0 radical (unpaired) electrons. The standard InChI is InChI=1S/C18H22N2O3/c21-16-6-2-8-20(13-16)12-14-4-1-5-15(10-14)18(22)19-11-17-7-3-9-23-17/h1,3-5,7,9-10,16,21H,2,6,8,11-13H2,(H,19,22). The number of likely N-dealkylation sites (tertiary alicyclic amines) is 1. The number of hydrogen-bond acceptors (Lipinski definition) is 4. The quantitative estimate of drug-likeness (QED) is 0.887. The molecule has 1 atom stereocenters. The maximum atomic E-state index is 12.2. The SMILES string of the molecule is O=C(NCc1ccco1)c1cccc(CN2CCCC(O)C2)c1. The maximum absolute atomic E-state index is 12.2. The van der Waals surface area contributed by atoms with Crippen molar-refractivity contribution in [2.45, 2.75) is 32.0 Å². The lowest BCUT2D eigenvalue weighted by Gasteiger charge is -2.30. The molecule has 2 aromatic rings. The largest absolute Gasteiger partial charge is 0.467 e. The molecule has 1 amide bonds. The van der Waals surface area contributed by atoms with Crippen LogP contribution in [0, 0.1) is 0 Å². The van der Waals surface area contributed by atoms with Crippen LogP contribution in [0.15, 0.2) is 47.1 Å². The topological polar surface area (TPSA) is 65.7 Å². The van der Waals surface area contributed by atoms with Gasteiger partial charge in [-0.25, -0.2) is 0 Å². The summed E-state index contributed by atoms with van der Waals surface area (Å²) in [6, 6.07) is 11.3. The smallest absolute Gasteiger partial charge is 0.251 e. The Morgan fingerprint density at radius 1 is 1.35 bits per heavy atom.